The van der Waals surface area contributed by atoms with Gasteiger partial charge in [0, 0.05) is 18.5 Å². The third-order valence-corrected chi connectivity index (χ3v) is 2.75. The number of carbonyl (C=O) groups is 1. The van der Waals surface area contributed by atoms with Gasteiger partial charge in [0.1, 0.15) is 6.29 Å². The average Bonchev–Trinajstić information content (AvgIpc) is 2.15. The van der Waals surface area contributed by atoms with E-state index in [4.69, 9.17) is 0 Å². The van der Waals surface area contributed by atoms with Gasteiger partial charge in [0.2, 0.25) is 0 Å². The molecule has 3 heteroatoms. The maximum Gasteiger partial charge on any atom is 0.127 e. The van der Waals surface area contributed by atoms with E-state index in [0.29, 0.717) is 6.54 Å². The van der Waals surface area contributed by atoms with Crippen molar-refractivity contribution in [3.8, 4) is 0 Å². The second kappa shape index (κ2) is 6.36. The van der Waals surface area contributed by atoms with E-state index in [1.807, 2.05) is 6.92 Å². The van der Waals surface area contributed by atoms with E-state index in [9.17, 15) is 9.90 Å². The molecule has 96 valence electrons. The fourth-order valence-corrected chi connectivity index (χ4v) is 2.08. The van der Waals surface area contributed by atoms with Crippen molar-refractivity contribution in [2.24, 2.45) is 5.41 Å². The van der Waals surface area contributed by atoms with Crippen LogP contribution in [0.4, 0.5) is 0 Å². The molecule has 1 atom stereocenters. The standard InChI is InChI=1S/C13H27NO2/c1-6-8-13(5,11-15)10-14(7-2)9-12(3,4)16/h11,16H,6-10H2,1-5H3. The van der Waals surface area contributed by atoms with Crippen molar-refractivity contribution in [1.82, 2.24) is 4.90 Å². The predicted molar refractivity (Wildman–Crippen MR) is 67.5 cm³/mol. The number of hydrogen-bond donors (Lipinski definition) is 1. The minimum Gasteiger partial charge on any atom is -0.389 e. The van der Waals surface area contributed by atoms with E-state index in [-0.39, 0.29) is 5.41 Å². The molecule has 0 amide bonds. The van der Waals surface area contributed by atoms with Crippen LogP contribution in [0.2, 0.25) is 0 Å². The lowest BCUT2D eigenvalue weighted by Crippen LogP contribution is -2.44. The molecular weight excluding hydrogens is 202 g/mol. The molecule has 1 unspecified atom stereocenters. The second-order valence-electron chi connectivity index (χ2n) is 5.64. The summed E-state index contributed by atoms with van der Waals surface area (Å²) in [4.78, 5) is 13.3. The number of nitrogens with zero attached hydrogens (tertiary/aromatic N) is 1. The van der Waals surface area contributed by atoms with E-state index in [0.717, 1.165) is 32.2 Å². The molecule has 3 nitrogen and oxygen atoms in total. The Balaban J connectivity index is 4.44. The molecule has 0 fully saturated rings. The fourth-order valence-electron chi connectivity index (χ4n) is 2.08. The van der Waals surface area contributed by atoms with Gasteiger partial charge >= 0.3 is 0 Å². The van der Waals surface area contributed by atoms with Gasteiger partial charge in [-0.15, -0.1) is 0 Å². The molecule has 0 aromatic carbocycles. The predicted octanol–water partition coefficient (Wildman–Crippen LogP) is 2.08. The Kier molecular flexibility index (Phi) is 6.19. The molecular formula is C13H27NO2. The van der Waals surface area contributed by atoms with E-state index in [1.165, 1.54) is 0 Å². The molecule has 0 aromatic rings. The normalized spacial score (nSPS) is 16.2. The summed E-state index contributed by atoms with van der Waals surface area (Å²) in [7, 11) is 0. The van der Waals surface area contributed by atoms with Crippen LogP contribution in [-0.2, 0) is 4.79 Å². The van der Waals surface area contributed by atoms with Gasteiger partial charge in [0.15, 0.2) is 0 Å². The van der Waals surface area contributed by atoms with Gasteiger partial charge < -0.3 is 9.90 Å². The smallest absolute Gasteiger partial charge is 0.127 e. The summed E-state index contributed by atoms with van der Waals surface area (Å²) >= 11 is 0. The summed E-state index contributed by atoms with van der Waals surface area (Å²) in [6, 6.07) is 0. The second-order valence-corrected chi connectivity index (χ2v) is 5.64. The molecule has 0 aliphatic heterocycles. The van der Waals surface area contributed by atoms with Gasteiger partial charge in [-0.2, -0.15) is 0 Å². The Morgan fingerprint density at radius 2 is 1.75 bits per heavy atom. The lowest BCUT2D eigenvalue weighted by atomic mass is 9.86. The summed E-state index contributed by atoms with van der Waals surface area (Å²) in [5.41, 5.74) is -0.984. The summed E-state index contributed by atoms with van der Waals surface area (Å²) < 4.78 is 0. The zero-order chi connectivity index (χ0) is 12.8. The molecule has 0 rings (SSSR count). The number of rotatable bonds is 8. The summed E-state index contributed by atoms with van der Waals surface area (Å²) in [5.74, 6) is 0. The highest BCUT2D eigenvalue weighted by atomic mass is 16.3. The topological polar surface area (TPSA) is 40.5 Å². The van der Waals surface area contributed by atoms with Gasteiger partial charge in [0.25, 0.3) is 0 Å². The lowest BCUT2D eigenvalue weighted by Gasteiger charge is -2.34. The van der Waals surface area contributed by atoms with Gasteiger partial charge in [-0.1, -0.05) is 27.2 Å². The molecule has 0 bridgehead atoms. The zero-order valence-electron chi connectivity index (χ0n) is 11.4. The van der Waals surface area contributed by atoms with Crippen molar-refractivity contribution >= 4 is 6.29 Å². The minimum atomic E-state index is -0.702. The summed E-state index contributed by atoms with van der Waals surface area (Å²) in [6.07, 6.45) is 2.97. The Hall–Kier alpha value is -0.410. The maximum atomic E-state index is 11.1. The van der Waals surface area contributed by atoms with Crippen LogP contribution < -0.4 is 0 Å². The Morgan fingerprint density at radius 1 is 1.19 bits per heavy atom. The Labute approximate surface area is 99.8 Å². The molecule has 0 heterocycles. The van der Waals surface area contributed by atoms with E-state index < -0.39 is 5.60 Å². The van der Waals surface area contributed by atoms with Crippen LogP contribution in [-0.4, -0.2) is 41.5 Å². The molecule has 0 saturated heterocycles. The monoisotopic (exact) mass is 229 g/mol. The molecule has 0 aliphatic carbocycles. The lowest BCUT2D eigenvalue weighted by molar-refractivity contribution is -0.117. The van der Waals surface area contributed by atoms with Crippen molar-refractivity contribution in [2.45, 2.75) is 53.1 Å². The van der Waals surface area contributed by atoms with E-state index in [1.54, 1.807) is 13.8 Å². The Bertz CT molecular complexity index is 210. The molecule has 0 radical (unpaired) electrons. The van der Waals surface area contributed by atoms with Crippen LogP contribution in [0.15, 0.2) is 0 Å². The highest BCUT2D eigenvalue weighted by molar-refractivity contribution is 5.59. The number of likely N-dealkylation sites (N-methyl/N-ethyl adjacent to an activating group) is 1. The summed E-state index contributed by atoms with van der Waals surface area (Å²) in [6.45, 7) is 11.9. The van der Waals surface area contributed by atoms with Crippen LogP contribution in [0.3, 0.4) is 0 Å². The first-order valence-electron chi connectivity index (χ1n) is 6.17. The van der Waals surface area contributed by atoms with Crippen LogP contribution in [0.5, 0.6) is 0 Å². The van der Waals surface area contributed by atoms with Gasteiger partial charge in [-0.3, -0.25) is 4.90 Å². The number of aliphatic hydroxyl groups is 1. The SMILES string of the molecule is CCCC(C)(C=O)CN(CC)CC(C)(C)O. The number of aldehydes is 1. The Morgan fingerprint density at radius 3 is 2.06 bits per heavy atom. The van der Waals surface area contributed by atoms with Crippen molar-refractivity contribution in [3.05, 3.63) is 0 Å². The molecule has 0 spiro atoms. The summed E-state index contributed by atoms with van der Waals surface area (Å²) in [5, 5.41) is 9.79. The molecule has 16 heavy (non-hydrogen) atoms. The number of hydrogen-bond acceptors (Lipinski definition) is 3. The zero-order valence-corrected chi connectivity index (χ0v) is 11.4. The quantitative estimate of drug-likeness (QED) is 0.648. The van der Waals surface area contributed by atoms with Crippen molar-refractivity contribution in [2.75, 3.05) is 19.6 Å². The maximum absolute atomic E-state index is 11.1. The third-order valence-electron chi connectivity index (χ3n) is 2.75. The van der Waals surface area contributed by atoms with Crippen molar-refractivity contribution in [3.63, 3.8) is 0 Å². The largest absolute Gasteiger partial charge is 0.389 e. The van der Waals surface area contributed by atoms with Gasteiger partial charge in [0.05, 0.1) is 5.60 Å². The van der Waals surface area contributed by atoms with Gasteiger partial charge in [-0.25, -0.2) is 0 Å². The van der Waals surface area contributed by atoms with Crippen molar-refractivity contribution in [1.29, 1.82) is 0 Å². The minimum absolute atomic E-state index is 0.282. The highest BCUT2D eigenvalue weighted by Crippen LogP contribution is 2.22. The van der Waals surface area contributed by atoms with Crippen LogP contribution >= 0.6 is 0 Å². The first-order valence-corrected chi connectivity index (χ1v) is 6.17. The fraction of sp³-hybridized carbons (Fsp3) is 0.923. The molecule has 0 aromatic heterocycles. The first-order chi connectivity index (χ1) is 7.26. The number of carbonyl (C=O) groups excluding carboxylic acids is 1. The van der Waals surface area contributed by atoms with Crippen LogP contribution in [0.1, 0.15) is 47.5 Å². The van der Waals surface area contributed by atoms with E-state index in [2.05, 4.69) is 18.7 Å². The van der Waals surface area contributed by atoms with Crippen LogP contribution in [0.25, 0.3) is 0 Å². The van der Waals surface area contributed by atoms with E-state index >= 15 is 0 Å². The van der Waals surface area contributed by atoms with Gasteiger partial charge in [-0.05, 0) is 26.8 Å². The molecule has 1 N–H and O–H groups in total. The van der Waals surface area contributed by atoms with Crippen molar-refractivity contribution < 1.29 is 9.90 Å². The molecule has 0 saturated carbocycles. The third kappa shape index (κ3) is 6.23. The molecule has 0 aliphatic rings. The highest BCUT2D eigenvalue weighted by Gasteiger charge is 2.27. The first kappa shape index (κ1) is 15.6. The average molecular weight is 229 g/mol. The van der Waals surface area contributed by atoms with Crippen LogP contribution in [0, 0.1) is 5.41 Å².